The number of carbonyl (C=O) groups is 4. The van der Waals surface area contributed by atoms with Crippen LogP contribution in [0.25, 0.3) is 10.9 Å². The molecule has 170 valence electrons. The van der Waals surface area contributed by atoms with Crippen molar-refractivity contribution in [3.05, 3.63) is 56.0 Å². The zero-order valence-electron chi connectivity index (χ0n) is 15.6. The van der Waals surface area contributed by atoms with Crippen molar-refractivity contribution in [2.24, 2.45) is 0 Å². The topological polar surface area (TPSA) is 143 Å². The van der Waals surface area contributed by atoms with Crippen molar-refractivity contribution >= 4 is 133 Å². The third-order valence-corrected chi connectivity index (χ3v) is 7.41. The van der Waals surface area contributed by atoms with E-state index in [1.807, 2.05) is 0 Å². The van der Waals surface area contributed by atoms with Crippen molar-refractivity contribution < 1.29 is 29.4 Å². The van der Waals surface area contributed by atoms with Crippen LogP contribution in [0.3, 0.4) is 0 Å². The fourth-order valence-corrected chi connectivity index (χ4v) is 7.29. The van der Waals surface area contributed by atoms with E-state index in [0.29, 0.717) is 23.6 Å². The van der Waals surface area contributed by atoms with Gasteiger partial charge in [-0.25, -0.2) is 14.2 Å². The monoisotopic (exact) mass is 818 g/mol. The Labute approximate surface area is 232 Å². The second-order valence-electron chi connectivity index (χ2n) is 6.03. The van der Waals surface area contributed by atoms with Crippen LogP contribution in [0.15, 0.2) is 23.0 Å². The van der Waals surface area contributed by atoms with Crippen LogP contribution in [0.2, 0.25) is 0 Å². The summed E-state index contributed by atoms with van der Waals surface area (Å²) in [5.74, 6) is -3.03. The molecule has 0 saturated heterocycles. The lowest BCUT2D eigenvalue weighted by atomic mass is 10.1. The highest BCUT2D eigenvalue weighted by atomic mass is 127. The first-order chi connectivity index (χ1) is 14.0. The highest BCUT2D eigenvalue weighted by Crippen LogP contribution is 2.35. The number of hydrogen-bond donors (Lipinski definition) is 3. The molecule has 1 amide bonds. The van der Waals surface area contributed by atoms with Crippen LogP contribution in [-0.4, -0.2) is 38.5 Å². The SMILES string of the molecule is CC(=O)Nc1c(I)c(C(=O)O)c(I)c(C(=O)O)c1I.Cl.Cl.O=C1c2cc3ccc2c(=O)n31. The number of hydrogen-bond acceptors (Lipinski definition) is 5. The number of aromatic nitrogens is 1. The number of pyridine rings is 2. The lowest BCUT2D eigenvalue weighted by Crippen LogP contribution is -2.17. The van der Waals surface area contributed by atoms with E-state index in [9.17, 15) is 34.2 Å². The first-order valence-corrected chi connectivity index (χ1v) is 11.2. The molecule has 3 aromatic rings. The van der Waals surface area contributed by atoms with Crippen molar-refractivity contribution in [3.63, 3.8) is 0 Å². The highest BCUT2D eigenvalue weighted by Gasteiger charge is 2.28. The van der Waals surface area contributed by atoms with E-state index in [1.54, 1.807) is 86.0 Å². The van der Waals surface area contributed by atoms with Gasteiger partial charge in [-0.1, -0.05) is 0 Å². The minimum atomic E-state index is -1.24. The number of carbonyl (C=O) groups excluding carboxylic acids is 2. The standard InChI is InChI=1S/C10H6I3NO5.C8H3NO2.2ClH/c1-2(15)14-8-6(12)3(9(16)17)5(11)4(7(8)13)10(18)19;10-7-5-2-1-4-3-6(5)8(11)9(4)7;;/h1H3,(H,14,15)(H,16,17)(H,18,19);1-3H;2*1H. The average molecular weight is 819 g/mol. The van der Waals surface area contributed by atoms with Crippen LogP contribution in [0.1, 0.15) is 38.0 Å². The highest BCUT2D eigenvalue weighted by molar-refractivity contribution is 14.1. The second-order valence-corrected chi connectivity index (χ2v) is 9.27. The lowest BCUT2D eigenvalue weighted by molar-refractivity contribution is -0.114. The van der Waals surface area contributed by atoms with Gasteiger partial charge in [0, 0.05) is 10.5 Å². The molecule has 0 radical (unpaired) electrons. The van der Waals surface area contributed by atoms with Crippen molar-refractivity contribution in [2.45, 2.75) is 6.92 Å². The maximum atomic E-state index is 11.2. The number of halogens is 5. The molecule has 0 spiro atoms. The number of anilines is 1. The Balaban J connectivity index is 0.000000333. The largest absolute Gasteiger partial charge is 0.478 e. The molecule has 2 aromatic carbocycles. The molecule has 2 aliphatic heterocycles. The molecule has 0 fully saturated rings. The predicted octanol–water partition coefficient (Wildman–Crippen LogP) is 4.14. The van der Waals surface area contributed by atoms with Gasteiger partial charge in [-0.3, -0.25) is 14.4 Å². The van der Waals surface area contributed by atoms with E-state index < -0.39 is 17.8 Å². The predicted molar refractivity (Wildman–Crippen MR) is 146 cm³/mol. The minimum absolute atomic E-state index is 0. The lowest BCUT2D eigenvalue weighted by Gasteiger charge is -2.15. The number of rotatable bonds is 3. The molecule has 32 heavy (non-hydrogen) atoms. The van der Waals surface area contributed by atoms with E-state index in [2.05, 4.69) is 5.32 Å². The van der Waals surface area contributed by atoms with Crippen LogP contribution in [0, 0.1) is 10.7 Å². The van der Waals surface area contributed by atoms with Gasteiger partial charge in [-0.2, -0.15) is 0 Å². The van der Waals surface area contributed by atoms with Crippen molar-refractivity contribution in [1.82, 2.24) is 4.57 Å². The smallest absolute Gasteiger partial charge is 0.337 e. The maximum Gasteiger partial charge on any atom is 0.337 e. The van der Waals surface area contributed by atoms with E-state index in [0.717, 1.165) is 0 Å². The summed E-state index contributed by atoms with van der Waals surface area (Å²) in [5, 5.41) is 21.4. The summed E-state index contributed by atoms with van der Waals surface area (Å²) in [7, 11) is 0. The number of nitrogens with zero attached hydrogens (tertiary/aromatic N) is 1. The first kappa shape index (κ1) is 28.8. The molecule has 0 saturated carbocycles. The van der Waals surface area contributed by atoms with Crippen molar-refractivity contribution in [1.29, 1.82) is 0 Å². The van der Waals surface area contributed by atoms with Gasteiger partial charge < -0.3 is 15.5 Å². The number of carboxylic acid groups (broad SMARTS) is 2. The number of carboxylic acids is 2. The molecule has 14 heteroatoms. The normalized spacial score (nSPS) is 10.8. The van der Waals surface area contributed by atoms with Gasteiger partial charge in [0.05, 0.1) is 40.4 Å². The molecule has 3 heterocycles. The molecular formula is C18H11Cl2I3N2O7. The zero-order valence-corrected chi connectivity index (χ0v) is 23.7. The Morgan fingerprint density at radius 2 is 1.41 bits per heavy atom. The Morgan fingerprint density at radius 3 is 1.72 bits per heavy atom. The quantitative estimate of drug-likeness (QED) is 0.264. The molecule has 0 unspecified atom stereocenters. The summed E-state index contributed by atoms with van der Waals surface area (Å²) >= 11 is 5.25. The van der Waals surface area contributed by atoms with Gasteiger partial charge >= 0.3 is 11.9 Å². The summed E-state index contributed by atoms with van der Waals surface area (Å²) in [6, 6.07) is 5.23. The summed E-state index contributed by atoms with van der Waals surface area (Å²) in [6.45, 7) is 1.27. The molecule has 9 nitrogen and oxygen atoms in total. The number of benzene rings is 2. The Morgan fingerprint density at radius 1 is 0.906 bits per heavy atom. The van der Waals surface area contributed by atoms with E-state index in [-0.39, 0.29) is 56.7 Å². The molecule has 3 N–H and O–H groups in total. The number of fused-ring (bicyclic) bond motifs is 1. The van der Waals surface area contributed by atoms with Crippen LogP contribution >= 0.6 is 92.6 Å². The van der Waals surface area contributed by atoms with E-state index >= 15 is 0 Å². The fourth-order valence-electron chi connectivity index (χ4n) is 2.93. The van der Waals surface area contributed by atoms with Crippen molar-refractivity contribution in [3.8, 4) is 0 Å². The third-order valence-electron chi connectivity index (χ3n) is 4.17. The summed E-state index contributed by atoms with van der Waals surface area (Å²) in [6.07, 6.45) is 0. The number of aromatic carboxylic acids is 2. The van der Waals surface area contributed by atoms with Gasteiger partial charge in [-0.05, 0) is 86.0 Å². The van der Waals surface area contributed by atoms with Gasteiger partial charge in [-0.15, -0.1) is 24.8 Å². The Kier molecular flexibility index (Phi) is 9.71. The molecule has 5 rings (SSSR count). The maximum absolute atomic E-state index is 11.2. The van der Waals surface area contributed by atoms with Gasteiger partial charge in [0.1, 0.15) is 0 Å². The second kappa shape index (κ2) is 10.8. The first-order valence-electron chi connectivity index (χ1n) is 7.94. The Hall–Kier alpha value is -1.24. The van der Waals surface area contributed by atoms with E-state index in [4.69, 9.17) is 0 Å². The number of nitrogens with one attached hydrogen (secondary N) is 1. The van der Waals surface area contributed by atoms with Crippen LogP contribution in [-0.2, 0) is 4.79 Å². The summed E-state index contributed by atoms with van der Waals surface area (Å²) in [4.78, 5) is 56.0. The molecule has 2 aliphatic rings. The third kappa shape index (κ3) is 4.83. The van der Waals surface area contributed by atoms with Gasteiger partial charge in [0.25, 0.3) is 11.5 Å². The summed E-state index contributed by atoms with van der Waals surface area (Å²) < 4.78 is 1.96. The Bertz CT molecular complexity index is 1300. The van der Waals surface area contributed by atoms with Crippen molar-refractivity contribution in [2.75, 3.05) is 5.32 Å². The molecular weight excluding hydrogens is 808 g/mol. The molecule has 0 atom stereocenters. The van der Waals surface area contributed by atoms with Crippen LogP contribution in [0.4, 0.5) is 5.69 Å². The minimum Gasteiger partial charge on any atom is -0.478 e. The van der Waals surface area contributed by atoms with Gasteiger partial charge in [0.2, 0.25) is 5.91 Å². The van der Waals surface area contributed by atoms with Crippen LogP contribution in [0.5, 0.6) is 0 Å². The van der Waals surface area contributed by atoms with Crippen LogP contribution < -0.4 is 10.9 Å². The molecule has 1 aromatic heterocycles. The average Bonchev–Trinajstić information content (AvgIpc) is 3.02. The van der Waals surface area contributed by atoms with E-state index in [1.165, 1.54) is 11.5 Å². The number of amides is 1. The zero-order chi connectivity index (χ0) is 22.5. The molecule has 0 aliphatic carbocycles. The summed E-state index contributed by atoms with van der Waals surface area (Å²) in [5.41, 5.74) is 1.08. The fraction of sp³-hybridized carbons (Fsp3) is 0.0556. The molecule has 4 bridgehead atoms. The van der Waals surface area contributed by atoms with Gasteiger partial charge in [0.15, 0.2) is 0 Å².